The fourth-order valence-electron chi connectivity index (χ4n) is 2.46. The average molecular weight is 212 g/mol. The van der Waals surface area contributed by atoms with Gasteiger partial charge in [-0.25, -0.2) is 0 Å². The molecular formula is C10H16N2OS. The van der Waals surface area contributed by atoms with Crippen molar-refractivity contribution in [3.05, 3.63) is 0 Å². The van der Waals surface area contributed by atoms with Crippen LogP contribution in [0.5, 0.6) is 0 Å². The van der Waals surface area contributed by atoms with E-state index >= 15 is 0 Å². The van der Waals surface area contributed by atoms with Gasteiger partial charge in [-0.15, -0.1) is 0 Å². The van der Waals surface area contributed by atoms with Gasteiger partial charge in [-0.2, -0.15) is 0 Å². The molecular weight excluding hydrogens is 196 g/mol. The zero-order valence-electron chi connectivity index (χ0n) is 8.43. The predicted octanol–water partition coefficient (Wildman–Crippen LogP) is 1.33. The Morgan fingerprint density at radius 3 is 2.57 bits per heavy atom. The molecule has 14 heavy (non-hydrogen) atoms. The van der Waals surface area contributed by atoms with Gasteiger partial charge in [0.1, 0.15) is 5.54 Å². The van der Waals surface area contributed by atoms with Crippen LogP contribution in [0.4, 0.5) is 0 Å². The van der Waals surface area contributed by atoms with Crippen molar-refractivity contribution in [1.82, 2.24) is 10.6 Å². The van der Waals surface area contributed by atoms with Crippen LogP contribution >= 0.6 is 12.2 Å². The molecule has 0 aromatic rings. The summed E-state index contributed by atoms with van der Waals surface area (Å²) in [6.45, 7) is 2.22. The monoisotopic (exact) mass is 212 g/mol. The van der Waals surface area contributed by atoms with Crippen molar-refractivity contribution in [3.8, 4) is 0 Å². The van der Waals surface area contributed by atoms with E-state index in [0.29, 0.717) is 5.11 Å². The summed E-state index contributed by atoms with van der Waals surface area (Å²) in [7, 11) is 0. The number of nitrogens with one attached hydrogen (secondary N) is 2. The van der Waals surface area contributed by atoms with E-state index in [9.17, 15) is 4.79 Å². The Labute approximate surface area is 89.6 Å². The SMILES string of the molecule is CCC1CCC2(CC1)NC(=S)NC2=O. The first kappa shape index (κ1) is 9.90. The van der Waals surface area contributed by atoms with Gasteiger partial charge in [-0.05, 0) is 43.8 Å². The lowest BCUT2D eigenvalue weighted by molar-refractivity contribution is -0.125. The third-order valence-electron chi connectivity index (χ3n) is 3.55. The number of thiocarbonyl (C=S) groups is 1. The standard InChI is InChI=1S/C10H16N2OS/c1-2-7-3-5-10(6-4-7)8(13)11-9(14)12-10/h7H,2-6H2,1H3,(H2,11,12,13,14). The Hall–Kier alpha value is -0.640. The maximum absolute atomic E-state index is 11.7. The van der Waals surface area contributed by atoms with Crippen LogP contribution in [0.25, 0.3) is 0 Å². The van der Waals surface area contributed by atoms with Gasteiger partial charge >= 0.3 is 0 Å². The van der Waals surface area contributed by atoms with E-state index in [2.05, 4.69) is 17.6 Å². The van der Waals surface area contributed by atoms with Crippen LogP contribution in [0.2, 0.25) is 0 Å². The highest BCUT2D eigenvalue weighted by Crippen LogP contribution is 2.35. The average Bonchev–Trinajstić information content (AvgIpc) is 2.43. The van der Waals surface area contributed by atoms with Crippen molar-refractivity contribution in [1.29, 1.82) is 0 Å². The maximum atomic E-state index is 11.7. The Kier molecular flexibility index (Phi) is 2.47. The summed E-state index contributed by atoms with van der Waals surface area (Å²) in [6, 6.07) is 0. The largest absolute Gasteiger partial charge is 0.348 e. The molecule has 3 nitrogen and oxygen atoms in total. The molecule has 0 radical (unpaired) electrons. The highest BCUT2D eigenvalue weighted by Gasteiger charge is 2.46. The van der Waals surface area contributed by atoms with E-state index in [-0.39, 0.29) is 11.4 Å². The molecule has 1 spiro atoms. The van der Waals surface area contributed by atoms with E-state index in [1.54, 1.807) is 0 Å². The molecule has 1 saturated carbocycles. The van der Waals surface area contributed by atoms with Crippen molar-refractivity contribution in [2.45, 2.75) is 44.6 Å². The van der Waals surface area contributed by atoms with Gasteiger partial charge in [-0.3, -0.25) is 4.79 Å². The van der Waals surface area contributed by atoms with Gasteiger partial charge in [0.15, 0.2) is 5.11 Å². The fraction of sp³-hybridized carbons (Fsp3) is 0.800. The first-order valence-corrected chi connectivity index (χ1v) is 5.71. The van der Waals surface area contributed by atoms with Crippen molar-refractivity contribution >= 4 is 23.2 Å². The second-order valence-corrected chi connectivity index (χ2v) is 4.75. The number of carbonyl (C=O) groups excluding carboxylic acids is 1. The second-order valence-electron chi connectivity index (χ2n) is 4.34. The summed E-state index contributed by atoms with van der Waals surface area (Å²) in [4.78, 5) is 11.7. The second kappa shape index (κ2) is 3.50. The minimum Gasteiger partial charge on any atom is -0.348 e. The van der Waals surface area contributed by atoms with Gasteiger partial charge in [0, 0.05) is 0 Å². The summed E-state index contributed by atoms with van der Waals surface area (Å²) in [5.74, 6) is 0.876. The van der Waals surface area contributed by atoms with Gasteiger partial charge < -0.3 is 10.6 Å². The van der Waals surface area contributed by atoms with E-state index in [4.69, 9.17) is 12.2 Å². The predicted molar refractivity (Wildman–Crippen MR) is 58.9 cm³/mol. The van der Waals surface area contributed by atoms with Crippen LogP contribution in [-0.4, -0.2) is 16.6 Å². The molecule has 2 fully saturated rings. The van der Waals surface area contributed by atoms with Crippen molar-refractivity contribution in [2.75, 3.05) is 0 Å². The molecule has 1 heterocycles. The minimum absolute atomic E-state index is 0.0806. The summed E-state index contributed by atoms with van der Waals surface area (Å²) < 4.78 is 0. The molecule has 0 aromatic carbocycles. The van der Waals surface area contributed by atoms with Crippen LogP contribution in [0.1, 0.15) is 39.0 Å². The fourth-order valence-corrected chi connectivity index (χ4v) is 2.75. The molecule has 1 aliphatic carbocycles. The molecule has 4 heteroatoms. The van der Waals surface area contributed by atoms with E-state index in [1.807, 2.05) is 0 Å². The smallest absolute Gasteiger partial charge is 0.251 e. The summed E-state index contributed by atoms with van der Waals surface area (Å²) in [6.07, 6.45) is 5.36. The third-order valence-corrected chi connectivity index (χ3v) is 3.75. The number of hydrogen-bond donors (Lipinski definition) is 2. The lowest BCUT2D eigenvalue weighted by Gasteiger charge is -2.34. The Morgan fingerprint density at radius 2 is 2.14 bits per heavy atom. The molecule has 1 aliphatic heterocycles. The Balaban J connectivity index is 2.05. The first-order chi connectivity index (χ1) is 6.66. The number of amides is 1. The molecule has 0 unspecified atom stereocenters. The Bertz CT molecular complexity index is 269. The van der Waals surface area contributed by atoms with Crippen LogP contribution in [-0.2, 0) is 4.79 Å². The quantitative estimate of drug-likeness (QED) is 0.644. The van der Waals surface area contributed by atoms with Crippen LogP contribution < -0.4 is 10.6 Å². The maximum Gasteiger partial charge on any atom is 0.251 e. The summed E-state index contributed by atoms with van der Waals surface area (Å²) >= 11 is 4.96. The molecule has 2 rings (SSSR count). The molecule has 2 N–H and O–H groups in total. The van der Waals surface area contributed by atoms with Crippen molar-refractivity contribution in [2.24, 2.45) is 5.92 Å². The topological polar surface area (TPSA) is 41.1 Å². The van der Waals surface area contributed by atoms with Gasteiger partial charge in [-0.1, -0.05) is 13.3 Å². The molecule has 0 atom stereocenters. The van der Waals surface area contributed by atoms with Gasteiger partial charge in [0.2, 0.25) is 0 Å². The minimum atomic E-state index is -0.358. The summed E-state index contributed by atoms with van der Waals surface area (Å²) in [5.41, 5.74) is -0.358. The van der Waals surface area contributed by atoms with E-state index < -0.39 is 0 Å². The van der Waals surface area contributed by atoms with Crippen LogP contribution in [0, 0.1) is 5.92 Å². The molecule has 1 saturated heterocycles. The molecule has 0 aromatic heterocycles. The zero-order chi connectivity index (χ0) is 10.2. The van der Waals surface area contributed by atoms with Gasteiger partial charge in [0.05, 0.1) is 0 Å². The van der Waals surface area contributed by atoms with E-state index in [0.717, 1.165) is 31.6 Å². The van der Waals surface area contributed by atoms with Gasteiger partial charge in [0.25, 0.3) is 5.91 Å². The third kappa shape index (κ3) is 1.52. The lowest BCUT2D eigenvalue weighted by Crippen LogP contribution is -2.49. The molecule has 78 valence electrons. The highest BCUT2D eigenvalue weighted by molar-refractivity contribution is 7.80. The van der Waals surface area contributed by atoms with Crippen molar-refractivity contribution < 1.29 is 4.79 Å². The zero-order valence-corrected chi connectivity index (χ0v) is 9.25. The number of hydrogen-bond acceptors (Lipinski definition) is 2. The number of carbonyl (C=O) groups is 1. The Morgan fingerprint density at radius 1 is 1.50 bits per heavy atom. The highest BCUT2D eigenvalue weighted by atomic mass is 32.1. The molecule has 1 amide bonds. The molecule has 0 bridgehead atoms. The van der Waals surface area contributed by atoms with Crippen LogP contribution in [0.15, 0.2) is 0 Å². The lowest BCUT2D eigenvalue weighted by atomic mass is 9.76. The van der Waals surface area contributed by atoms with Crippen LogP contribution in [0.3, 0.4) is 0 Å². The van der Waals surface area contributed by atoms with E-state index in [1.165, 1.54) is 6.42 Å². The molecule has 2 aliphatic rings. The normalized spacial score (nSPS) is 37.1. The summed E-state index contributed by atoms with van der Waals surface area (Å²) in [5, 5.41) is 6.33. The number of rotatable bonds is 1. The first-order valence-electron chi connectivity index (χ1n) is 5.30. The van der Waals surface area contributed by atoms with Crippen molar-refractivity contribution in [3.63, 3.8) is 0 Å².